The lowest BCUT2D eigenvalue weighted by Gasteiger charge is -2.28. The Labute approximate surface area is 154 Å². The molecule has 1 heterocycles. The lowest BCUT2D eigenvalue weighted by atomic mass is 9.84. The number of hydrogen-bond donors (Lipinski definition) is 3. The van der Waals surface area contributed by atoms with Gasteiger partial charge >= 0.3 is 0 Å². The van der Waals surface area contributed by atoms with Crippen molar-refractivity contribution in [1.29, 1.82) is 0 Å². The van der Waals surface area contributed by atoms with Crippen molar-refractivity contribution in [1.82, 2.24) is 10.6 Å². The van der Waals surface area contributed by atoms with Crippen molar-refractivity contribution in [3.63, 3.8) is 0 Å². The van der Waals surface area contributed by atoms with Crippen LogP contribution in [0.2, 0.25) is 0 Å². The van der Waals surface area contributed by atoms with E-state index < -0.39 is 0 Å². The minimum atomic E-state index is 0.0302. The molecule has 5 nitrogen and oxygen atoms in total. The lowest BCUT2D eigenvalue weighted by molar-refractivity contribution is 0.127. The third kappa shape index (κ3) is 5.12. The summed E-state index contributed by atoms with van der Waals surface area (Å²) in [4.78, 5) is 5.69. The second kappa shape index (κ2) is 8.43. The standard InChI is InChI=1S/C19H29N3O2S/c1-20-17(21-13-18(9-11-23)10-12-24-15-18)22-14-19(7-8-19)25-16-5-3-2-4-6-16/h2-6,23H,7-15H2,1H3,(H2,20,21,22). The molecule has 3 N–H and O–H groups in total. The van der Waals surface area contributed by atoms with Gasteiger partial charge < -0.3 is 20.5 Å². The van der Waals surface area contributed by atoms with Crippen LogP contribution in [0.4, 0.5) is 0 Å². The first-order valence-corrected chi connectivity index (χ1v) is 9.88. The fourth-order valence-electron chi connectivity index (χ4n) is 3.24. The normalized spacial score (nSPS) is 25.0. The monoisotopic (exact) mass is 363 g/mol. The third-order valence-corrected chi connectivity index (χ3v) is 6.64. The van der Waals surface area contributed by atoms with Gasteiger partial charge in [0.25, 0.3) is 0 Å². The van der Waals surface area contributed by atoms with E-state index in [-0.39, 0.29) is 16.8 Å². The fraction of sp³-hybridized carbons (Fsp3) is 0.632. The molecule has 1 aliphatic heterocycles. The zero-order valence-electron chi connectivity index (χ0n) is 15.0. The number of ether oxygens (including phenoxy) is 1. The number of rotatable bonds is 8. The van der Waals surface area contributed by atoms with E-state index in [1.807, 2.05) is 18.8 Å². The average molecular weight is 364 g/mol. The molecule has 2 aliphatic rings. The first kappa shape index (κ1) is 18.5. The second-order valence-electron chi connectivity index (χ2n) is 7.15. The molecule has 1 aliphatic carbocycles. The largest absolute Gasteiger partial charge is 0.396 e. The number of aliphatic hydroxyl groups is 1. The summed E-state index contributed by atoms with van der Waals surface area (Å²) < 4.78 is 5.84. The van der Waals surface area contributed by atoms with Crippen LogP contribution in [-0.2, 0) is 4.74 Å². The number of nitrogens with one attached hydrogen (secondary N) is 2. The Morgan fingerprint density at radius 3 is 2.56 bits per heavy atom. The highest BCUT2D eigenvalue weighted by atomic mass is 32.2. The van der Waals surface area contributed by atoms with Gasteiger partial charge in [-0.2, -0.15) is 0 Å². The Bertz CT molecular complexity index is 569. The molecule has 0 radical (unpaired) electrons. The van der Waals surface area contributed by atoms with Gasteiger partial charge in [-0.25, -0.2) is 0 Å². The maximum Gasteiger partial charge on any atom is 0.191 e. The summed E-state index contributed by atoms with van der Waals surface area (Å²) in [6.07, 6.45) is 4.23. The molecule has 0 spiro atoms. The van der Waals surface area contributed by atoms with Crippen LogP contribution >= 0.6 is 11.8 Å². The lowest BCUT2D eigenvalue weighted by Crippen LogP contribution is -2.46. The molecule has 0 aromatic heterocycles. The molecule has 138 valence electrons. The molecule has 1 saturated carbocycles. The number of hydrogen-bond acceptors (Lipinski definition) is 4. The van der Waals surface area contributed by atoms with E-state index in [2.05, 4.69) is 46.0 Å². The number of aliphatic imine (C=N–C) groups is 1. The average Bonchev–Trinajstić information content (AvgIpc) is 3.23. The Morgan fingerprint density at radius 2 is 1.96 bits per heavy atom. The maximum atomic E-state index is 9.34. The molecule has 25 heavy (non-hydrogen) atoms. The van der Waals surface area contributed by atoms with Crippen molar-refractivity contribution >= 4 is 17.7 Å². The van der Waals surface area contributed by atoms with Gasteiger partial charge in [0, 0.05) is 48.4 Å². The fourth-order valence-corrected chi connectivity index (χ4v) is 4.48. The Balaban J connectivity index is 1.48. The number of benzene rings is 1. The van der Waals surface area contributed by atoms with Crippen LogP contribution in [0.3, 0.4) is 0 Å². The van der Waals surface area contributed by atoms with Crippen LogP contribution in [0.1, 0.15) is 25.7 Å². The molecule has 2 fully saturated rings. The quantitative estimate of drug-likeness (QED) is 0.488. The van der Waals surface area contributed by atoms with Crippen molar-refractivity contribution in [2.24, 2.45) is 10.4 Å². The van der Waals surface area contributed by atoms with Gasteiger partial charge in [-0.15, -0.1) is 11.8 Å². The second-order valence-corrected chi connectivity index (χ2v) is 8.70. The van der Waals surface area contributed by atoms with E-state index in [0.29, 0.717) is 6.61 Å². The van der Waals surface area contributed by atoms with Gasteiger partial charge in [-0.05, 0) is 37.8 Å². The summed E-state index contributed by atoms with van der Waals surface area (Å²) in [6.45, 7) is 3.39. The zero-order chi connectivity index (χ0) is 17.6. The van der Waals surface area contributed by atoms with E-state index in [4.69, 9.17) is 4.74 Å². The van der Waals surface area contributed by atoms with Crippen LogP contribution in [0.5, 0.6) is 0 Å². The molecular weight excluding hydrogens is 334 g/mol. The minimum Gasteiger partial charge on any atom is -0.396 e. The molecule has 0 amide bonds. The summed E-state index contributed by atoms with van der Waals surface area (Å²) in [5, 5.41) is 16.3. The first-order chi connectivity index (χ1) is 12.2. The third-order valence-electron chi connectivity index (χ3n) is 5.14. The molecular formula is C19H29N3O2S. The van der Waals surface area contributed by atoms with Crippen LogP contribution in [-0.4, -0.2) is 55.8 Å². The summed E-state index contributed by atoms with van der Waals surface area (Å²) in [5.74, 6) is 0.837. The van der Waals surface area contributed by atoms with Crippen LogP contribution < -0.4 is 10.6 Å². The molecule has 0 bridgehead atoms. The molecule has 1 aromatic rings. The number of aliphatic hydroxyl groups excluding tert-OH is 1. The molecule has 1 aromatic carbocycles. The number of guanidine groups is 1. The highest BCUT2D eigenvalue weighted by molar-refractivity contribution is 8.01. The first-order valence-electron chi connectivity index (χ1n) is 9.07. The topological polar surface area (TPSA) is 65.9 Å². The Kier molecular flexibility index (Phi) is 6.25. The highest BCUT2D eigenvalue weighted by Gasteiger charge is 2.43. The molecule has 1 saturated heterocycles. The minimum absolute atomic E-state index is 0.0302. The molecule has 3 rings (SSSR count). The van der Waals surface area contributed by atoms with Crippen molar-refractivity contribution in [2.45, 2.75) is 35.3 Å². The van der Waals surface area contributed by atoms with Crippen molar-refractivity contribution in [2.75, 3.05) is 40.0 Å². The van der Waals surface area contributed by atoms with Crippen molar-refractivity contribution in [3.8, 4) is 0 Å². The van der Waals surface area contributed by atoms with Crippen LogP contribution in [0.15, 0.2) is 40.2 Å². The maximum absolute atomic E-state index is 9.34. The predicted molar refractivity (Wildman–Crippen MR) is 103 cm³/mol. The van der Waals surface area contributed by atoms with Gasteiger partial charge in [-0.1, -0.05) is 18.2 Å². The summed E-state index contributed by atoms with van der Waals surface area (Å²) in [5.41, 5.74) is 0.0302. The Hall–Kier alpha value is -1.24. The number of thioether (sulfide) groups is 1. The summed E-state index contributed by atoms with van der Waals surface area (Å²) in [6, 6.07) is 10.6. The zero-order valence-corrected chi connectivity index (χ0v) is 15.8. The van der Waals surface area contributed by atoms with Gasteiger partial charge in [0.05, 0.1) is 6.61 Å². The molecule has 6 heteroatoms. The van der Waals surface area contributed by atoms with E-state index in [9.17, 15) is 5.11 Å². The smallest absolute Gasteiger partial charge is 0.191 e. The van der Waals surface area contributed by atoms with Crippen molar-refractivity contribution < 1.29 is 9.84 Å². The highest BCUT2D eigenvalue weighted by Crippen LogP contribution is 2.51. The number of nitrogens with zero attached hydrogens (tertiary/aromatic N) is 1. The van der Waals surface area contributed by atoms with E-state index in [0.717, 1.165) is 38.5 Å². The predicted octanol–water partition coefficient (Wildman–Crippen LogP) is 2.27. The van der Waals surface area contributed by atoms with Gasteiger partial charge in [0.2, 0.25) is 0 Å². The van der Waals surface area contributed by atoms with Gasteiger partial charge in [0.15, 0.2) is 5.96 Å². The van der Waals surface area contributed by atoms with Gasteiger partial charge in [0.1, 0.15) is 0 Å². The SMILES string of the molecule is CN=C(NCC1(CCO)CCOC1)NCC1(Sc2ccccc2)CC1. The van der Waals surface area contributed by atoms with E-state index in [1.165, 1.54) is 17.7 Å². The van der Waals surface area contributed by atoms with E-state index >= 15 is 0 Å². The van der Waals surface area contributed by atoms with Gasteiger partial charge in [-0.3, -0.25) is 4.99 Å². The molecule has 1 unspecified atom stereocenters. The summed E-state index contributed by atoms with van der Waals surface area (Å²) in [7, 11) is 1.81. The molecule has 1 atom stereocenters. The summed E-state index contributed by atoms with van der Waals surface area (Å²) >= 11 is 1.96. The van der Waals surface area contributed by atoms with E-state index in [1.54, 1.807) is 0 Å². The van der Waals surface area contributed by atoms with Crippen LogP contribution in [0, 0.1) is 5.41 Å². The van der Waals surface area contributed by atoms with Crippen molar-refractivity contribution in [3.05, 3.63) is 30.3 Å². The van der Waals surface area contributed by atoms with Crippen LogP contribution in [0.25, 0.3) is 0 Å². The Morgan fingerprint density at radius 1 is 1.20 bits per heavy atom.